The van der Waals surface area contributed by atoms with E-state index in [4.69, 9.17) is 0 Å². The van der Waals surface area contributed by atoms with Crippen LogP contribution in [0.15, 0.2) is 24.4 Å². The average molecular weight is 272 g/mol. The van der Waals surface area contributed by atoms with E-state index in [1.54, 1.807) is 18.2 Å². The van der Waals surface area contributed by atoms with Crippen LogP contribution in [-0.4, -0.2) is 50.8 Å². The van der Waals surface area contributed by atoms with Gasteiger partial charge in [0, 0.05) is 33.4 Å². The maximum absolute atomic E-state index is 11.5. The van der Waals surface area contributed by atoms with Crippen molar-refractivity contribution < 1.29 is 13.2 Å². The highest BCUT2D eigenvalue weighted by molar-refractivity contribution is 7.87. The van der Waals surface area contributed by atoms with Gasteiger partial charge in [-0.1, -0.05) is 6.07 Å². The molecular formula is C10H16N4O3S. The second kappa shape index (κ2) is 6.43. The molecular weight excluding hydrogens is 256 g/mol. The van der Waals surface area contributed by atoms with Crippen LogP contribution in [0.4, 0.5) is 0 Å². The van der Waals surface area contributed by atoms with E-state index in [9.17, 15) is 13.2 Å². The third kappa shape index (κ3) is 4.40. The summed E-state index contributed by atoms with van der Waals surface area (Å²) in [7, 11) is -0.594. The first-order chi connectivity index (χ1) is 8.43. The molecule has 100 valence electrons. The lowest BCUT2D eigenvalue weighted by Crippen LogP contribution is -2.40. The summed E-state index contributed by atoms with van der Waals surface area (Å²) < 4.78 is 26.1. The number of nitrogens with zero attached hydrogens (tertiary/aromatic N) is 2. The molecule has 0 unspecified atom stereocenters. The van der Waals surface area contributed by atoms with Gasteiger partial charge in [-0.15, -0.1) is 0 Å². The Balaban J connectivity index is 2.34. The van der Waals surface area contributed by atoms with E-state index < -0.39 is 10.2 Å². The molecule has 1 amide bonds. The number of nitrogens with one attached hydrogen (secondary N) is 2. The standard InChI is InChI=1S/C10H16N4O3S/c1-14(2)18(16,17)13-8-7-12-10(15)9-5-3-4-6-11-9/h3-6,13H,7-8H2,1-2H3,(H,12,15). The van der Waals surface area contributed by atoms with Crippen molar-refractivity contribution in [2.45, 2.75) is 0 Å². The zero-order chi connectivity index (χ0) is 13.6. The number of hydrogen-bond acceptors (Lipinski definition) is 4. The van der Waals surface area contributed by atoms with Gasteiger partial charge in [-0.3, -0.25) is 9.78 Å². The fourth-order valence-electron chi connectivity index (χ4n) is 1.07. The number of carbonyl (C=O) groups is 1. The largest absolute Gasteiger partial charge is 0.349 e. The molecule has 8 heteroatoms. The van der Waals surface area contributed by atoms with Gasteiger partial charge >= 0.3 is 0 Å². The molecule has 1 heterocycles. The van der Waals surface area contributed by atoms with Crippen LogP contribution in [0.5, 0.6) is 0 Å². The Hall–Kier alpha value is -1.51. The molecule has 2 N–H and O–H groups in total. The Bertz CT molecular complexity index is 487. The van der Waals surface area contributed by atoms with Gasteiger partial charge in [-0.2, -0.15) is 12.7 Å². The van der Waals surface area contributed by atoms with Gasteiger partial charge in [0.1, 0.15) is 5.69 Å². The minimum absolute atomic E-state index is 0.124. The zero-order valence-corrected chi connectivity index (χ0v) is 11.1. The van der Waals surface area contributed by atoms with Crippen LogP contribution in [0.2, 0.25) is 0 Å². The molecule has 0 fully saturated rings. The average Bonchev–Trinajstić information content (AvgIpc) is 2.35. The summed E-state index contributed by atoms with van der Waals surface area (Å²) in [6, 6.07) is 5.00. The highest BCUT2D eigenvalue weighted by atomic mass is 32.2. The molecule has 1 aromatic rings. The second-order valence-corrected chi connectivity index (χ2v) is 5.62. The predicted molar refractivity (Wildman–Crippen MR) is 67.2 cm³/mol. The van der Waals surface area contributed by atoms with Crippen LogP contribution < -0.4 is 10.0 Å². The lowest BCUT2D eigenvalue weighted by Gasteiger charge is -2.12. The first-order valence-corrected chi connectivity index (χ1v) is 6.74. The van der Waals surface area contributed by atoms with Crippen LogP contribution >= 0.6 is 0 Å². The third-order valence-corrected chi connectivity index (χ3v) is 3.60. The van der Waals surface area contributed by atoms with Crippen molar-refractivity contribution in [1.29, 1.82) is 0 Å². The van der Waals surface area contributed by atoms with E-state index in [0.717, 1.165) is 4.31 Å². The first-order valence-electron chi connectivity index (χ1n) is 5.30. The monoisotopic (exact) mass is 272 g/mol. The highest BCUT2D eigenvalue weighted by Gasteiger charge is 2.12. The zero-order valence-electron chi connectivity index (χ0n) is 10.3. The van der Waals surface area contributed by atoms with Gasteiger partial charge < -0.3 is 5.32 Å². The summed E-state index contributed by atoms with van der Waals surface area (Å²) >= 11 is 0. The minimum atomic E-state index is -3.44. The van der Waals surface area contributed by atoms with Gasteiger partial charge in [0.05, 0.1) is 0 Å². The van der Waals surface area contributed by atoms with Crippen LogP contribution in [0, 0.1) is 0 Å². The molecule has 0 bridgehead atoms. The van der Waals surface area contributed by atoms with E-state index >= 15 is 0 Å². The topological polar surface area (TPSA) is 91.4 Å². The van der Waals surface area contributed by atoms with Gasteiger partial charge in [0.2, 0.25) is 0 Å². The molecule has 0 aliphatic rings. The Labute approximate surface area is 106 Å². The molecule has 1 aromatic heterocycles. The number of hydrogen-bond donors (Lipinski definition) is 2. The second-order valence-electron chi connectivity index (χ2n) is 3.65. The summed E-state index contributed by atoms with van der Waals surface area (Å²) in [4.78, 5) is 15.4. The number of aromatic nitrogens is 1. The number of rotatable bonds is 6. The molecule has 7 nitrogen and oxygen atoms in total. The van der Waals surface area contributed by atoms with Crippen LogP contribution in [0.3, 0.4) is 0 Å². The van der Waals surface area contributed by atoms with Crippen molar-refractivity contribution in [2.24, 2.45) is 0 Å². The summed E-state index contributed by atoms with van der Waals surface area (Å²) in [6.45, 7) is 0.321. The maximum atomic E-state index is 11.5. The van der Waals surface area contributed by atoms with Crippen molar-refractivity contribution in [3.8, 4) is 0 Å². The quantitative estimate of drug-likeness (QED) is 0.664. The van der Waals surface area contributed by atoms with E-state index in [1.807, 2.05) is 0 Å². The minimum Gasteiger partial charge on any atom is -0.349 e. The lowest BCUT2D eigenvalue weighted by molar-refractivity contribution is 0.0949. The molecule has 0 aliphatic heterocycles. The lowest BCUT2D eigenvalue weighted by atomic mass is 10.3. The smallest absolute Gasteiger partial charge is 0.278 e. The Morgan fingerprint density at radius 3 is 2.61 bits per heavy atom. The third-order valence-electron chi connectivity index (χ3n) is 2.07. The first kappa shape index (κ1) is 14.6. The van der Waals surface area contributed by atoms with E-state index in [1.165, 1.54) is 20.3 Å². The molecule has 0 aliphatic carbocycles. The van der Waals surface area contributed by atoms with Crippen molar-refractivity contribution in [3.63, 3.8) is 0 Å². The van der Waals surface area contributed by atoms with E-state index in [0.29, 0.717) is 5.69 Å². The SMILES string of the molecule is CN(C)S(=O)(=O)NCCNC(=O)c1ccccn1. The Kier molecular flexibility index (Phi) is 5.20. The molecule has 0 saturated carbocycles. The normalized spacial score (nSPS) is 11.5. The van der Waals surface area contributed by atoms with E-state index in [2.05, 4.69) is 15.0 Å². The van der Waals surface area contributed by atoms with E-state index in [-0.39, 0.29) is 19.0 Å². The van der Waals surface area contributed by atoms with Gasteiger partial charge in [-0.25, -0.2) is 4.72 Å². The summed E-state index contributed by atoms with van der Waals surface area (Å²) in [5.41, 5.74) is 0.299. The van der Waals surface area contributed by atoms with Crippen LogP contribution in [-0.2, 0) is 10.2 Å². The van der Waals surface area contributed by atoms with Gasteiger partial charge in [0.15, 0.2) is 0 Å². The summed E-state index contributed by atoms with van der Waals surface area (Å²) in [5.74, 6) is -0.334. The van der Waals surface area contributed by atoms with Crippen molar-refractivity contribution in [1.82, 2.24) is 19.3 Å². The molecule has 0 radical (unpaired) electrons. The Morgan fingerprint density at radius 2 is 2.06 bits per heavy atom. The predicted octanol–water partition coefficient (Wildman–Crippen LogP) is -0.793. The fraction of sp³-hybridized carbons (Fsp3) is 0.400. The number of amides is 1. The Morgan fingerprint density at radius 1 is 1.33 bits per heavy atom. The van der Waals surface area contributed by atoms with Gasteiger partial charge in [0.25, 0.3) is 16.1 Å². The molecule has 0 saturated heterocycles. The van der Waals surface area contributed by atoms with Crippen LogP contribution in [0.25, 0.3) is 0 Å². The molecule has 18 heavy (non-hydrogen) atoms. The molecule has 0 aromatic carbocycles. The fourth-order valence-corrected chi connectivity index (χ4v) is 1.69. The van der Waals surface area contributed by atoms with Crippen molar-refractivity contribution >= 4 is 16.1 Å². The summed E-state index contributed by atoms with van der Waals surface area (Å²) in [5, 5.41) is 2.56. The molecule has 0 atom stereocenters. The van der Waals surface area contributed by atoms with Gasteiger partial charge in [-0.05, 0) is 12.1 Å². The van der Waals surface area contributed by atoms with Crippen LogP contribution in [0.1, 0.15) is 10.5 Å². The maximum Gasteiger partial charge on any atom is 0.278 e. The summed E-state index contributed by atoms with van der Waals surface area (Å²) in [6.07, 6.45) is 1.52. The number of pyridine rings is 1. The highest BCUT2D eigenvalue weighted by Crippen LogP contribution is 1.92. The molecule has 0 spiro atoms. The molecule has 1 rings (SSSR count). The van der Waals surface area contributed by atoms with Crippen molar-refractivity contribution in [3.05, 3.63) is 30.1 Å². The number of carbonyl (C=O) groups excluding carboxylic acids is 1. The van der Waals surface area contributed by atoms with Crippen molar-refractivity contribution in [2.75, 3.05) is 27.2 Å².